The molecule has 0 bridgehead atoms. The van der Waals surface area contributed by atoms with E-state index in [-0.39, 0.29) is 11.9 Å². The Hall–Kier alpha value is -3.47. The average molecular weight is 420 g/mol. The van der Waals surface area contributed by atoms with Crippen LogP contribution in [0.4, 0.5) is 5.69 Å². The van der Waals surface area contributed by atoms with Crippen LogP contribution in [0.2, 0.25) is 0 Å². The number of hydrogen-bond donors (Lipinski definition) is 1. The predicted octanol–water partition coefficient (Wildman–Crippen LogP) is 5.48. The number of anilines is 1. The molecule has 0 saturated carbocycles. The van der Waals surface area contributed by atoms with Crippen LogP contribution in [0.25, 0.3) is 11.1 Å². The number of esters is 1. The molecule has 0 spiro atoms. The van der Waals surface area contributed by atoms with Crippen molar-refractivity contribution in [1.82, 2.24) is 0 Å². The van der Waals surface area contributed by atoms with Crippen LogP contribution in [-0.2, 0) is 11.2 Å². The summed E-state index contributed by atoms with van der Waals surface area (Å²) < 4.78 is 16.0. The Balaban J connectivity index is 1.81. The lowest BCUT2D eigenvalue weighted by atomic mass is 9.90. The third-order valence-electron chi connectivity index (χ3n) is 5.60. The number of carbonyl (C=O) groups is 1. The average Bonchev–Trinajstić information content (AvgIpc) is 2.82. The number of benzene rings is 3. The van der Waals surface area contributed by atoms with Crippen molar-refractivity contribution in [1.29, 1.82) is 0 Å². The van der Waals surface area contributed by atoms with Crippen LogP contribution in [0.15, 0.2) is 60.7 Å². The molecule has 0 radical (unpaired) electrons. The Labute approximate surface area is 183 Å². The first-order valence-electron chi connectivity index (χ1n) is 10.3. The molecular formula is C26H29NO4. The highest BCUT2D eigenvalue weighted by Gasteiger charge is 2.16. The van der Waals surface area contributed by atoms with E-state index in [1.54, 1.807) is 14.2 Å². The lowest BCUT2D eigenvalue weighted by Crippen LogP contribution is -2.07. The zero-order valence-corrected chi connectivity index (χ0v) is 18.5. The number of nitrogens with two attached hydrogens (primary N) is 1. The summed E-state index contributed by atoms with van der Waals surface area (Å²) in [6, 6.07) is 19.6. The molecule has 31 heavy (non-hydrogen) atoms. The van der Waals surface area contributed by atoms with Gasteiger partial charge in [0.05, 0.1) is 32.6 Å². The molecule has 3 aromatic carbocycles. The van der Waals surface area contributed by atoms with Crippen LogP contribution in [0.1, 0.15) is 40.7 Å². The fourth-order valence-electron chi connectivity index (χ4n) is 3.76. The lowest BCUT2D eigenvalue weighted by molar-refractivity contribution is 0.0599. The molecule has 0 aliphatic heterocycles. The second-order valence-corrected chi connectivity index (χ2v) is 7.50. The highest BCUT2D eigenvalue weighted by atomic mass is 16.5. The van der Waals surface area contributed by atoms with Gasteiger partial charge in [0.15, 0.2) is 0 Å². The highest BCUT2D eigenvalue weighted by Crippen LogP contribution is 2.36. The van der Waals surface area contributed by atoms with Crippen molar-refractivity contribution in [3.8, 4) is 22.6 Å². The Morgan fingerprint density at radius 1 is 0.903 bits per heavy atom. The number of ether oxygens (including phenoxy) is 3. The molecule has 0 amide bonds. The van der Waals surface area contributed by atoms with Crippen molar-refractivity contribution >= 4 is 11.7 Å². The number of nitrogen functional groups attached to an aromatic ring is 1. The first kappa shape index (κ1) is 22.2. The fourth-order valence-corrected chi connectivity index (χ4v) is 3.76. The Morgan fingerprint density at radius 2 is 1.55 bits per heavy atom. The van der Waals surface area contributed by atoms with Gasteiger partial charge in [-0.15, -0.1) is 0 Å². The van der Waals surface area contributed by atoms with E-state index in [2.05, 4.69) is 19.1 Å². The third kappa shape index (κ3) is 5.00. The van der Waals surface area contributed by atoms with Crippen LogP contribution in [0, 0.1) is 0 Å². The van der Waals surface area contributed by atoms with E-state index in [0.29, 0.717) is 17.0 Å². The SMILES string of the molecule is COC(=O)c1ccccc1CCC(C)c1ccc(-c2ccc(N)c(OC)c2)cc1OC. The first-order chi connectivity index (χ1) is 15.0. The van der Waals surface area contributed by atoms with Gasteiger partial charge in [0.1, 0.15) is 11.5 Å². The van der Waals surface area contributed by atoms with Crippen LogP contribution in [0.5, 0.6) is 11.5 Å². The van der Waals surface area contributed by atoms with E-state index < -0.39 is 0 Å². The number of methoxy groups -OCH3 is 3. The van der Waals surface area contributed by atoms with Crippen molar-refractivity contribution in [3.05, 3.63) is 77.4 Å². The van der Waals surface area contributed by atoms with Crippen LogP contribution in [0.3, 0.4) is 0 Å². The molecule has 1 atom stereocenters. The van der Waals surface area contributed by atoms with E-state index in [1.165, 1.54) is 7.11 Å². The van der Waals surface area contributed by atoms with Gasteiger partial charge in [0, 0.05) is 0 Å². The van der Waals surface area contributed by atoms with Gasteiger partial charge in [0.2, 0.25) is 0 Å². The largest absolute Gasteiger partial charge is 0.496 e. The highest BCUT2D eigenvalue weighted by molar-refractivity contribution is 5.91. The summed E-state index contributed by atoms with van der Waals surface area (Å²) in [4.78, 5) is 12.0. The van der Waals surface area contributed by atoms with Gasteiger partial charge in [-0.1, -0.05) is 43.3 Å². The number of hydrogen-bond acceptors (Lipinski definition) is 5. The monoisotopic (exact) mass is 419 g/mol. The quantitative estimate of drug-likeness (QED) is 0.387. The van der Waals surface area contributed by atoms with Crippen molar-refractivity contribution in [2.24, 2.45) is 0 Å². The van der Waals surface area contributed by atoms with E-state index in [0.717, 1.165) is 40.8 Å². The predicted molar refractivity (Wildman–Crippen MR) is 124 cm³/mol. The number of rotatable bonds is 8. The normalized spacial score (nSPS) is 11.6. The van der Waals surface area contributed by atoms with Crippen molar-refractivity contribution in [3.63, 3.8) is 0 Å². The molecule has 3 aromatic rings. The minimum absolute atomic E-state index is 0.246. The molecule has 0 saturated heterocycles. The molecule has 0 heterocycles. The number of carbonyl (C=O) groups excluding carboxylic acids is 1. The topological polar surface area (TPSA) is 70.8 Å². The third-order valence-corrected chi connectivity index (χ3v) is 5.60. The molecule has 0 aromatic heterocycles. The zero-order chi connectivity index (χ0) is 22.4. The number of aryl methyl sites for hydroxylation is 1. The molecule has 3 rings (SSSR count). The van der Waals surface area contributed by atoms with E-state index in [4.69, 9.17) is 19.9 Å². The van der Waals surface area contributed by atoms with Gasteiger partial charge in [-0.25, -0.2) is 4.79 Å². The van der Waals surface area contributed by atoms with E-state index in [9.17, 15) is 4.79 Å². The zero-order valence-electron chi connectivity index (χ0n) is 18.5. The molecule has 0 aliphatic rings. The summed E-state index contributed by atoms with van der Waals surface area (Å²) in [7, 11) is 4.70. The summed E-state index contributed by atoms with van der Waals surface area (Å²) >= 11 is 0. The van der Waals surface area contributed by atoms with Crippen LogP contribution >= 0.6 is 0 Å². The fraction of sp³-hybridized carbons (Fsp3) is 0.269. The van der Waals surface area contributed by atoms with Crippen LogP contribution in [-0.4, -0.2) is 27.3 Å². The minimum atomic E-state index is -0.302. The van der Waals surface area contributed by atoms with E-state index >= 15 is 0 Å². The van der Waals surface area contributed by atoms with Gasteiger partial charge < -0.3 is 19.9 Å². The molecule has 5 nitrogen and oxygen atoms in total. The minimum Gasteiger partial charge on any atom is -0.496 e. The Bertz CT molecular complexity index is 1060. The maximum Gasteiger partial charge on any atom is 0.338 e. The first-order valence-corrected chi connectivity index (χ1v) is 10.3. The Kier molecular flexibility index (Phi) is 7.19. The summed E-state index contributed by atoms with van der Waals surface area (Å²) in [5, 5.41) is 0. The lowest BCUT2D eigenvalue weighted by Gasteiger charge is -2.18. The Morgan fingerprint density at radius 3 is 2.23 bits per heavy atom. The second-order valence-electron chi connectivity index (χ2n) is 7.50. The maximum absolute atomic E-state index is 12.0. The maximum atomic E-state index is 12.0. The van der Waals surface area contributed by atoms with Gasteiger partial charge in [-0.2, -0.15) is 0 Å². The second kappa shape index (κ2) is 10.0. The molecule has 1 unspecified atom stereocenters. The summed E-state index contributed by atoms with van der Waals surface area (Å²) in [5.41, 5.74) is 11.3. The summed E-state index contributed by atoms with van der Waals surface area (Å²) in [6.07, 6.45) is 1.64. The van der Waals surface area contributed by atoms with Gasteiger partial charge in [-0.3, -0.25) is 0 Å². The van der Waals surface area contributed by atoms with Gasteiger partial charge >= 0.3 is 5.97 Å². The summed E-state index contributed by atoms with van der Waals surface area (Å²) in [6.45, 7) is 2.17. The van der Waals surface area contributed by atoms with Gasteiger partial charge in [-0.05, 0) is 65.3 Å². The molecule has 162 valence electrons. The van der Waals surface area contributed by atoms with Crippen molar-refractivity contribution < 1.29 is 19.0 Å². The molecule has 5 heteroatoms. The standard InChI is InChI=1S/C26H29NO4/c1-17(9-10-18-7-5-6-8-22(18)26(28)31-4)21-13-11-19(15-24(21)29-2)20-12-14-23(27)25(16-20)30-3/h5-8,11-17H,9-10,27H2,1-4H3. The van der Waals surface area contributed by atoms with Gasteiger partial charge in [0.25, 0.3) is 0 Å². The summed E-state index contributed by atoms with van der Waals surface area (Å²) in [5.74, 6) is 1.43. The molecule has 2 N–H and O–H groups in total. The van der Waals surface area contributed by atoms with Crippen molar-refractivity contribution in [2.45, 2.75) is 25.7 Å². The molecule has 0 fully saturated rings. The molecular weight excluding hydrogens is 390 g/mol. The van der Waals surface area contributed by atoms with Crippen LogP contribution < -0.4 is 15.2 Å². The smallest absolute Gasteiger partial charge is 0.338 e. The molecule has 0 aliphatic carbocycles. The van der Waals surface area contributed by atoms with E-state index in [1.807, 2.05) is 48.5 Å². The van der Waals surface area contributed by atoms with Crippen molar-refractivity contribution in [2.75, 3.05) is 27.1 Å².